The van der Waals surface area contributed by atoms with Gasteiger partial charge in [0.1, 0.15) is 0 Å². The molecule has 0 saturated heterocycles. The maximum atomic E-state index is 2.46. The molecule has 0 heterocycles. The zero-order chi connectivity index (χ0) is 13.0. The first-order valence-electron chi connectivity index (χ1n) is 5.68. The van der Waals surface area contributed by atoms with Gasteiger partial charge in [-0.2, -0.15) is 0 Å². The van der Waals surface area contributed by atoms with Crippen molar-refractivity contribution in [3.63, 3.8) is 0 Å². The number of alkyl halides is 3. The summed E-state index contributed by atoms with van der Waals surface area (Å²) < 4.78 is 3.20. The SMILES string of the molecule is ICc1ccc(-c2ccccc2CI)c(CI)c1. The third kappa shape index (κ3) is 3.39. The fourth-order valence-electron chi connectivity index (χ4n) is 2.00. The molecule has 0 amide bonds. The summed E-state index contributed by atoms with van der Waals surface area (Å²) in [5.74, 6) is 0. The van der Waals surface area contributed by atoms with Gasteiger partial charge in [-0.1, -0.05) is 110 Å². The highest BCUT2D eigenvalue weighted by Crippen LogP contribution is 2.31. The Morgan fingerprint density at radius 1 is 0.667 bits per heavy atom. The van der Waals surface area contributed by atoms with Crippen molar-refractivity contribution in [2.75, 3.05) is 0 Å². The molecule has 0 radical (unpaired) electrons. The summed E-state index contributed by atoms with van der Waals surface area (Å²) in [6, 6.07) is 15.6. The van der Waals surface area contributed by atoms with Gasteiger partial charge >= 0.3 is 0 Å². The largest absolute Gasteiger partial charge is 0.0812 e. The van der Waals surface area contributed by atoms with Gasteiger partial charge in [-0.05, 0) is 27.8 Å². The predicted molar refractivity (Wildman–Crippen MR) is 105 cm³/mol. The molecule has 0 aliphatic carbocycles. The summed E-state index contributed by atoms with van der Waals surface area (Å²) in [5, 5.41) is 0. The molecule has 0 aliphatic rings. The van der Waals surface area contributed by atoms with Crippen LogP contribution in [0.25, 0.3) is 11.1 Å². The molecule has 94 valence electrons. The Labute approximate surface area is 149 Å². The third-order valence-corrected chi connectivity index (χ3v) is 5.44. The summed E-state index contributed by atoms with van der Waals surface area (Å²) in [6.45, 7) is 0. The molecule has 2 rings (SSSR count). The van der Waals surface area contributed by atoms with Crippen LogP contribution in [0.5, 0.6) is 0 Å². The number of hydrogen-bond acceptors (Lipinski definition) is 0. The fourth-order valence-corrected chi connectivity index (χ4v) is 3.77. The fraction of sp³-hybridized carbons (Fsp3) is 0.200. The van der Waals surface area contributed by atoms with Crippen molar-refractivity contribution in [2.45, 2.75) is 13.3 Å². The average molecular weight is 574 g/mol. The first-order chi connectivity index (χ1) is 8.80. The van der Waals surface area contributed by atoms with E-state index in [4.69, 9.17) is 0 Å². The molecule has 0 aliphatic heterocycles. The zero-order valence-corrected chi connectivity index (χ0v) is 16.3. The molecular formula is C15H13I3. The molecule has 0 bridgehead atoms. The van der Waals surface area contributed by atoms with Crippen LogP contribution in [-0.4, -0.2) is 0 Å². The predicted octanol–water partition coefficient (Wildman–Crippen LogP) is 6.16. The summed E-state index contributed by atoms with van der Waals surface area (Å²) in [4.78, 5) is 0. The summed E-state index contributed by atoms with van der Waals surface area (Å²) in [6.07, 6.45) is 0. The molecule has 0 unspecified atom stereocenters. The molecule has 0 atom stereocenters. The van der Waals surface area contributed by atoms with Crippen LogP contribution in [0.2, 0.25) is 0 Å². The van der Waals surface area contributed by atoms with Crippen LogP contribution in [0.1, 0.15) is 16.7 Å². The molecule has 2 aromatic rings. The van der Waals surface area contributed by atoms with Crippen LogP contribution in [0.15, 0.2) is 42.5 Å². The second-order valence-corrected chi connectivity index (χ2v) is 6.34. The van der Waals surface area contributed by atoms with E-state index in [1.165, 1.54) is 27.8 Å². The molecule has 2 aromatic carbocycles. The lowest BCUT2D eigenvalue weighted by Gasteiger charge is -2.12. The number of hydrogen-bond donors (Lipinski definition) is 0. The number of rotatable bonds is 4. The molecule has 0 saturated carbocycles. The smallest absolute Gasteiger partial charge is 0.0253 e. The lowest BCUT2D eigenvalue weighted by Crippen LogP contribution is -1.92. The quantitative estimate of drug-likeness (QED) is 0.304. The third-order valence-electron chi connectivity index (χ3n) is 2.92. The summed E-state index contributed by atoms with van der Waals surface area (Å²) in [5.41, 5.74) is 7.07. The normalized spacial score (nSPS) is 10.6. The van der Waals surface area contributed by atoms with Crippen LogP contribution in [0.4, 0.5) is 0 Å². The van der Waals surface area contributed by atoms with Crippen molar-refractivity contribution in [3.05, 3.63) is 59.2 Å². The first kappa shape index (κ1) is 15.0. The van der Waals surface area contributed by atoms with Crippen molar-refractivity contribution in [1.29, 1.82) is 0 Å². The Bertz CT molecular complexity index is 535. The van der Waals surface area contributed by atoms with Gasteiger partial charge in [0.15, 0.2) is 0 Å². The van der Waals surface area contributed by atoms with E-state index in [9.17, 15) is 0 Å². The van der Waals surface area contributed by atoms with E-state index in [0.717, 1.165) is 13.3 Å². The first-order valence-corrected chi connectivity index (χ1v) is 10.3. The van der Waals surface area contributed by atoms with Crippen molar-refractivity contribution >= 4 is 67.8 Å². The van der Waals surface area contributed by atoms with E-state index in [1.54, 1.807) is 0 Å². The Hall–Kier alpha value is 0.630. The average Bonchev–Trinajstić information content (AvgIpc) is 2.46. The van der Waals surface area contributed by atoms with Crippen molar-refractivity contribution < 1.29 is 0 Å². The van der Waals surface area contributed by atoms with Gasteiger partial charge in [-0.25, -0.2) is 0 Å². The van der Waals surface area contributed by atoms with Gasteiger partial charge in [0, 0.05) is 13.3 Å². The van der Waals surface area contributed by atoms with E-state index in [0.29, 0.717) is 0 Å². The van der Waals surface area contributed by atoms with Crippen LogP contribution >= 0.6 is 67.8 Å². The second-order valence-electron chi connectivity index (χ2n) is 4.05. The Kier molecular flexibility index (Phi) is 6.20. The highest BCUT2D eigenvalue weighted by molar-refractivity contribution is 14.1. The van der Waals surface area contributed by atoms with Crippen LogP contribution < -0.4 is 0 Å². The molecule has 18 heavy (non-hydrogen) atoms. The minimum atomic E-state index is 1.06. The molecule has 0 aromatic heterocycles. The summed E-state index contributed by atoms with van der Waals surface area (Å²) >= 11 is 7.32. The highest BCUT2D eigenvalue weighted by Gasteiger charge is 2.08. The topological polar surface area (TPSA) is 0 Å². The maximum absolute atomic E-state index is 2.46. The van der Waals surface area contributed by atoms with Crippen molar-refractivity contribution in [2.24, 2.45) is 0 Å². The number of halogens is 3. The van der Waals surface area contributed by atoms with Gasteiger partial charge in [-0.3, -0.25) is 0 Å². The minimum Gasteiger partial charge on any atom is -0.0812 e. The molecule has 0 N–H and O–H groups in total. The van der Waals surface area contributed by atoms with E-state index in [-0.39, 0.29) is 0 Å². The molecule has 0 spiro atoms. The van der Waals surface area contributed by atoms with Gasteiger partial charge in [0.25, 0.3) is 0 Å². The van der Waals surface area contributed by atoms with Crippen molar-refractivity contribution in [1.82, 2.24) is 0 Å². The van der Waals surface area contributed by atoms with Gasteiger partial charge in [-0.15, -0.1) is 0 Å². The lowest BCUT2D eigenvalue weighted by molar-refractivity contribution is 1.35. The van der Waals surface area contributed by atoms with Crippen LogP contribution in [-0.2, 0) is 13.3 Å². The highest BCUT2D eigenvalue weighted by atomic mass is 127. The molecule has 0 fully saturated rings. The van der Waals surface area contributed by atoms with E-state index in [1.807, 2.05) is 0 Å². The molecule has 0 nitrogen and oxygen atoms in total. The second kappa shape index (κ2) is 7.42. The monoisotopic (exact) mass is 574 g/mol. The molecular weight excluding hydrogens is 561 g/mol. The zero-order valence-electron chi connectivity index (χ0n) is 9.80. The van der Waals surface area contributed by atoms with E-state index >= 15 is 0 Å². The minimum absolute atomic E-state index is 1.06. The van der Waals surface area contributed by atoms with E-state index in [2.05, 4.69) is 110 Å². The van der Waals surface area contributed by atoms with Gasteiger partial charge in [0.05, 0.1) is 0 Å². The van der Waals surface area contributed by atoms with Crippen molar-refractivity contribution in [3.8, 4) is 11.1 Å². The Balaban J connectivity index is 2.56. The van der Waals surface area contributed by atoms with Crippen LogP contribution in [0.3, 0.4) is 0 Å². The maximum Gasteiger partial charge on any atom is 0.0253 e. The summed E-state index contributed by atoms with van der Waals surface area (Å²) in [7, 11) is 0. The van der Waals surface area contributed by atoms with Gasteiger partial charge in [0.2, 0.25) is 0 Å². The Morgan fingerprint density at radius 3 is 2.00 bits per heavy atom. The molecule has 3 heteroatoms. The lowest BCUT2D eigenvalue weighted by atomic mass is 9.95. The van der Waals surface area contributed by atoms with E-state index < -0.39 is 0 Å². The Morgan fingerprint density at radius 2 is 1.33 bits per heavy atom. The van der Waals surface area contributed by atoms with Crippen LogP contribution in [0, 0.1) is 0 Å². The number of benzene rings is 2. The van der Waals surface area contributed by atoms with Gasteiger partial charge < -0.3 is 0 Å². The standard InChI is InChI=1S/C15H13I3/c16-8-11-5-6-15(13(7-11)10-18)14-4-2-1-3-12(14)9-17/h1-7H,8-10H2.